The van der Waals surface area contributed by atoms with Gasteiger partial charge in [-0.2, -0.15) is 0 Å². The van der Waals surface area contributed by atoms with Crippen molar-refractivity contribution in [3.8, 4) is 11.5 Å². The van der Waals surface area contributed by atoms with Crippen LogP contribution >= 0.6 is 0 Å². The molecule has 1 fully saturated rings. The molecule has 5 nitrogen and oxygen atoms in total. The van der Waals surface area contributed by atoms with Crippen molar-refractivity contribution in [2.24, 2.45) is 5.41 Å². The number of carbonyl (C=O) groups excluding carboxylic acids is 1. The minimum Gasteiger partial charge on any atom is -0.497 e. The van der Waals surface area contributed by atoms with Crippen LogP contribution in [0.2, 0.25) is 0 Å². The van der Waals surface area contributed by atoms with Crippen LogP contribution in [-0.2, 0) is 20.7 Å². The summed E-state index contributed by atoms with van der Waals surface area (Å²) in [5, 5.41) is 0. The molecule has 0 spiro atoms. The van der Waals surface area contributed by atoms with Gasteiger partial charge in [0.2, 0.25) is 0 Å². The van der Waals surface area contributed by atoms with Crippen LogP contribution in [0, 0.1) is 5.41 Å². The lowest BCUT2D eigenvalue weighted by atomic mass is 9.69. The van der Waals surface area contributed by atoms with Crippen molar-refractivity contribution in [1.82, 2.24) is 0 Å². The zero-order chi connectivity index (χ0) is 26.3. The third kappa shape index (κ3) is 7.00. The Morgan fingerprint density at radius 2 is 1.62 bits per heavy atom. The quantitative estimate of drug-likeness (QED) is 0.211. The van der Waals surface area contributed by atoms with Gasteiger partial charge in [0.15, 0.2) is 6.10 Å². The normalized spacial score (nSPS) is 17.2. The average molecular weight is 503 g/mol. The third-order valence-electron chi connectivity index (χ3n) is 7.21. The third-order valence-corrected chi connectivity index (χ3v) is 7.21. The van der Waals surface area contributed by atoms with Crippen molar-refractivity contribution < 1.29 is 23.7 Å². The summed E-state index contributed by atoms with van der Waals surface area (Å²) < 4.78 is 21.6. The minimum atomic E-state index is -0.668. The Morgan fingerprint density at radius 3 is 2.27 bits per heavy atom. The second kappa shape index (κ2) is 12.4. The molecule has 1 aliphatic rings. The van der Waals surface area contributed by atoms with E-state index in [0.717, 1.165) is 30.6 Å². The van der Waals surface area contributed by atoms with E-state index in [4.69, 9.17) is 18.9 Å². The van der Waals surface area contributed by atoms with Gasteiger partial charge in [-0.1, -0.05) is 81.4 Å². The second-order valence-electron chi connectivity index (χ2n) is 10.5. The van der Waals surface area contributed by atoms with Gasteiger partial charge in [0, 0.05) is 0 Å². The molecule has 0 amide bonds. The summed E-state index contributed by atoms with van der Waals surface area (Å²) in [6.07, 6.45) is 2.11. The Hall–Kier alpha value is -3.15. The van der Waals surface area contributed by atoms with Gasteiger partial charge in [-0.25, -0.2) is 4.79 Å². The van der Waals surface area contributed by atoms with Crippen LogP contribution in [0.5, 0.6) is 11.5 Å². The Labute approximate surface area is 220 Å². The van der Waals surface area contributed by atoms with E-state index < -0.39 is 12.1 Å². The number of ether oxygens (including phenoxy) is 4. The second-order valence-corrected chi connectivity index (χ2v) is 10.5. The molecule has 37 heavy (non-hydrogen) atoms. The maximum Gasteiger partial charge on any atom is 0.343 e. The van der Waals surface area contributed by atoms with Crippen molar-refractivity contribution in [1.29, 1.82) is 0 Å². The standard InChI is InChI=1S/C32H38O5/c1-5-27(24-15-17-26(34-4)18-16-24)28(23-11-7-6-8-12-23)20-32(2,3)19-25-13-9-10-14-29(25)37-31(33)30-21-35-22-36-30/h6-18,27-28,30H,5,19-22H2,1-4H3/t27-,28+,30?/m0/s1. The van der Waals surface area contributed by atoms with E-state index in [2.05, 4.69) is 81.4 Å². The number of methoxy groups -OCH3 is 1. The summed E-state index contributed by atoms with van der Waals surface area (Å²) in [5.74, 6) is 1.74. The number of carbonyl (C=O) groups is 1. The predicted molar refractivity (Wildman–Crippen MR) is 145 cm³/mol. The molecule has 1 heterocycles. The molecule has 1 saturated heterocycles. The first-order valence-electron chi connectivity index (χ1n) is 13.1. The van der Waals surface area contributed by atoms with Crippen molar-refractivity contribution in [3.63, 3.8) is 0 Å². The molecule has 3 aromatic carbocycles. The summed E-state index contributed by atoms with van der Waals surface area (Å²) in [6.45, 7) is 7.23. The number of hydrogen-bond acceptors (Lipinski definition) is 5. The van der Waals surface area contributed by atoms with Gasteiger partial charge < -0.3 is 18.9 Å². The fraction of sp³-hybridized carbons (Fsp3) is 0.406. The molecule has 0 radical (unpaired) electrons. The summed E-state index contributed by atoms with van der Waals surface area (Å²) in [5.41, 5.74) is 3.62. The van der Waals surface area contributed by atoms with Gasteiger partial charge in [-0.3, -0.25) is 0 Å². The van der Waals surface area contributed by atoms with Crippen LogP contribution in [-0.4, -0.2) is 32.6 Å². The van der Waals surface area contributed by atoms with Crippen LogP contribution in [0.1, 0.15) is 62.1 Å². The summed E-state index contributed by atoms with van der Waals surface area (Å²) in [7, 11) is 1.70. The van der Waals surface area contributed by atoms with Gasteiger partial charge in [0.05, 0.1) is 13.7 Å². The van der Waals surface area contributed by atoms with Crippen LogP contribution in [0.15, 0.2) is 78.9 Å². The molecule has 5 heteroatoms. The van der Waals surface area contributed by atoms with E-state index in [0.29, 0.717) is 17.6 Å². The largest absolute Gasteiger partial charge is 0.497 e. The monoisotopic (exact) mass is 502 g/mol. The lowest BCUT2D eigenvalue weighted by Crippen LogP contribution is -2.28. The van der Waals surface area contributed by atoms with Gasteiger partial charge in [0.1, 0.15) is 18.3 Å². The molecule has 3 aromatic rings. The van der Waals surface area contributed by atoms with E-state index in [1.165, 1.54) is 11.1 Å². The fourth-order valence-corrected chi connectivity index (χ4v) is 5.37. The first kappa shape index (κ1) is 26.9. The molecule has 196 valence electrons. The Kier molecular flexibility index (Phi) is 9.01. The summed E-state index contributed by atoms with van der Waals surface area (Å²) in [4.78, 5) is 12.6. The number of esters is 1. The number of rotatable bonds is 11. The van der Waals surface area contributed by atoms with Gasteiger partial charge in [0.25, 0.3) is 0 Å². The first-order chi connectivity index (χ1) is 17.9. The van der Waals surface area contributed by atoms with Crippen molar-refractivity contribution >= 4 is 5.97 Å². The highest BCUT2D eigenvalue weighted by atomic mass is 16.7. The Morgan fingerprint density at radius 1 is 0.946 bits per heavy atom. The van der Waals surface area contributed by atoms with Crippen molar-refractivity contribution in [2.75, 3.05) is 20.5 Å². The maximum atomic E-state index is 12.6. The lowest BCUT2D eigenvalue weighted by molar-refractivity contribution is -0.144. The highest BCUT2D eigenvalue weighted by Gasteiger charge is 2.32. The molecule has 0 saturated carbocycles. The minimum absolute atomic E-state index is 0.0596. The van der Waals surface area contributed by atoms with Gasteiger partial charge in [-0.05, 0) is 71.4 Å². The van der Waals surface area contributed by atoms with Crippen molar-refractivity contribution in [2.45, 2.75) is 58.0 Å². The SMILES string of the molecule is CC[C@@H](c1ccc(OC)cc1)[C@H](CC(C)(C)Cc1ccccc1OC(=O)C1COCO1)c1ccccc1. The van der Waals surface area contributed by atoms with E-state index >= 15 is 0 Å². The molecule has 0 bridgehead atoms. The van der Waals surface area contributed by atoms with Crippen LogP contribution < -0.4 is 9.47 Å². The smallest absolute Gasteiger partial charge is 0.343 e. The van der Waals surface area contributed by atoms with E-state index in [9.17, 15) is 4.79 Å². The highest BCUT2D eigenvalue weighted by Crippen LogP contribution is 2.45. The van der Waals surface area contributed by atoms with Gasteiger partial charge >= 0.3 is 5.97 Å². The summed E-state index contributed by atoms with van der Waals surface area (Å²) in [6, 6.07) is 27.1. The topological polar surface area (TPSA) is 54.0 Å². The van der Waals surface area contributed by atoms with Crippen LogP contribution in [0.3, 0.4) is 0 Å². The molecule has 0 aromatic heterocycles. The molecule has 1 aliphatic heterocycles. The van der Waals surface area contributed by atoms with E-state index in [1.54, 1.807) is 7.11 Å². The molecular formula is C32H38O5. The lowest BCUT2D eigenvalue weighted by Gasteiger charge is -2.35. The highest BCUT2D eigenvalue weighted by molar-refractivity contribution is 5.78. The Bertz CT molecular complexity index is 1130. The van der Waals surface area contributed by atoms with Crippen LogP contribution in [0.25, 0.3) is 0 Å². The van der Waals surface area contributed by atoms with E-state index in [1.807, 2.05) is 18.2 Å². The molecule has 1 unspecified atom stereocenters. The molecule has 3 atom stereocenters. The maximum absolute atomic E-state index is 12.6. The molecule has 0 N–H and O–H groups in total. The fourth-order valence-electron chi connectivity index (χ4n) is 5.37. The first-order valence-corrected chi connectivity index (χ1v) is 13.1. The summed E-state index contributed by atoms with van der Waals surface area (Å²) >= 11 is 0. The number of para-hydroxylation sites is 1. The predicted octanol–water partition coefficient (Wildman–Crippen LogP) is 6.91. The molecule has 0 aliphatic carbocycles. The van der Waals surface area contributed by atoms with Crippen molar-refractivity contribution in [3.05, 3.63) is 95.6 Å². The van der Waals surface area contributed by atoms with E-state index in [-0.39, 0.29) is 18.8 Å². The molecule has 4 rings (SSSR count). The average Bonchev–Trinajstić information content (AvgIpc) is 3.46. The van der Waals surface area contributed by atoms with Gasteiger partial charge in [-0.15, -0.1) is 0 Å². The zero-order valence-electron chi connectivity index (χ0n) is 22.3. The number of benzene rings is 3. The van der Waals surface area contributed by atoms with Crippen LogP contribution in [0.4, 0.5) is 0 Å². The Balaban J connectivity index is 1.57. The number of hydrogen-bond donors (Lipinski definition) is 0. The zero-order valence-corrected chi connectivity index (χ0v) is 22.3. The molecular weight excluding hydrogens is 464 g/mol.